The summed E-state index contributed by atoms with van der Waals surface area (Å²) < 4.78 is 26.3. The first-order chi connectivity index (χ1) is 11.9. The molecule has 128 valence electrons. The number of aromatic nitrogens is 1. The van der Waals surface area contributed by atoms with E-state index in [-0.39, 0.29) is 0 Å². The summed E-state index contributed by atoms with van der Waals surface area (Å²) in [7, 11) is 0. The standard InChI is InChI=1S/C16H9Cl2F2N3OS/c17-9-2-4-13(10(18)6-9)21-15(24)23-16-22-14(7-25-16)8-1-3-11(19)12(20)5-8/h1-7H,(H2,21,22,23,24). The predicted octanol–water partition coefficient (Wildman–Crippen LogP) is 6.04. The Morgan fingerprint density at radius 1 is 1.04 bits per heavy atom. The highest BCUT2D eigenvalue weighted by Crippen LogP contribution is 2.27. The van der Waals surface area contributed by atoms with Crippen molar-refractivity contribution in [2.45, 2.75) is 0 Å². The Balaban J connectivity index is 1.70. The van der Waals surface area contributed by atoms with Gasteiger partial charge < -0.3 is 5.32 Å². The number of hydrogen-bond donors (Lipinski definition) is 2. The molecule has 1 aromatic heterocycles. The van der Waals surface area contributed by atoms with Gasteiger partial charge in [-0.3, -0.25) is 5.32 Å². The molecule has 2 N–H and O–H groups in total. The van der Waals surface area contributed by atoms with E-state index in [1.54, 1.807) is 17.5 Å². The highest BCUT2D eigenvalue weighted by molar-refractivity contribution is 7.14. The summed E-state index contributed by atoms with van der Waals surface area (Å²) in [5.41, 5.74) is 1.22. The van der Waals surface area contributed by atoms with E-state index in [1.165, 1.54) is 12.1 Å². The molecule has 0 radical (unpaired) electrons. The van der Waals surface area contributed by atoms with Crippen molar-refractivity contribution in [2.75, 3.05) is 10.6 Å². The number of urea groups is 1. The zero-order valence-electron chi connectivity index (χ0n) is 12.3. The van der Waals surface area contributed by atoms with Crippen molar-refractivity contribution in [3.63, 3.8) is 0 Å². The van der Waals surface area contributed by atoms with Gasteiger partial charge >= 0.3 is 6.03 Å². The fourth-order valence-corrected chi connectivity index (χ4v) is 3.13. The van der Waals surface area contributed by atoms with Crippen LogP contribution in [0.1, 0.15) is 0 Å². The number of amides is 2. The van der Waals surface area contributed by atoms with E-state index in [0.717, 1.165) is 23.5 Å². The molecule has 0 saturated heterocycles. The lowest BCUT2D eigenvalue weighted by atomic mass is 10.2. The van der Waals surface area contributed by atoms with E-state index in [0.29, 0.717) is 32.1 Å². The monoisotopic (exact) mass is 399 g/mol. The van der Waals surface area contributed by atoms with Gasteiger partial charge in [-0.25, -0.2) is 18.6 Å². The third-order valence-electron chi connectivity index (χ3n) is 3.12. The maximum Gasteiger partial charge on any atom is 0.325 e. The molecule has 9 heteroatoms. The smallest absolute Gasteiger partial charge is 0.306 e. The van der Waals surface area contributed by atoms with Gasteiger partial charge in [0.1, 0.15) is 0 Å². The van der Waals surface area contributed by atoms with E-state index in [4.69, 9.17) is 23.2 Å². The molecule has 0 saturated carbocycles. The largest absolute Gasteiger partial charge is 0.325 e. The van der Waals surface area contributed by atoms with Crippen LogP contribution in [-0.4, -0.2) is 11.0 Å². The van der Waals surface area contributed by atoms with Crippen LogP contribution in [-0.2, 0) is 0 Å². The highest BCUT2D eigenvalue weighted by Gasteiger charge is 2.11. The van der Waals surface area contributed by atoms with Crippen LogP contribution in [0.5, 0.6) is 0 Å². The Kier molecular flexibility index (Phi) is 5.17. The minimum absolute atomic E-state index is 0.294. The van der Waals surface area contributed by atoms with Gasteiger partial charge in [0.2, 0.25) is 0 Å². The summed E-state index contributed by atoms with van der Waals surface area (Å²) in [6, 6.07) is 7.59. The molecular formula is C16H9Cl2F2N3OS. The van der Waals surface area contributed by atoms with Gasteiger partial charge in [-0.05, 0) is 36.4 Å². The van der Waals surface area contributed by atoms with Crippen molar-refractivity contribution in [1.29, 1.82) is 0 Å². The number of anilines is 2. The molecule has 0 fully saturated rings. The molecule has 0 atom stereocenters. The van der Waals surface area contributed by atoms with Crippen molar-refractivity contribution in [3.8, 4) is 11.3 Å². The molecular weight excluding hydrogens is 391 g/mol. The maximum absolute atomic E-state index is 13.3. The Bertz CT molecular complexity index is 949. The van der Waals surface area contributed by atoms with Crippen molar-refractivity contribution in [1.82, 2.24) is 4.98 Å². The Labute approximate surface area is 155 Å². The number of nitrogens with one attached hydrogen (secondary N) is 2. The van der Waals surface area contributed by atoms with E-state index >= 15 is 0 Å². The zero-order valence-corrected chi connectivity index (χ0v) is 14.6. The van der Waals surface area contributed by atoms with E-state index in [1.807, 2.05) is 0 Å². The number of halogens is 4. The molecule has 0 bridgehead atoms. The summed E-state index contributed by atoms with van der Waals surface area (Å²) in [6.07, 6.45) is 0. The van der Waals surface area contributed by atoms with Crippen molar-refractivity contribution < 1.29 is 13.6 Å². The number of benzene rings is 2. The van der Waals surface area contributed by atoms with Crippen LogP contribution in [0.2, 0.25) is 10.0 Å². The lowest BCUT2D eigenvalue weighted by Gasteiger charge is -2.07. The predicted molar refractivity (Wildman–Crippen MR) is 96.6 cm³/mol. The van der Waals surface area contributed by atoms with Crippen LogP contribution >= 0.6 is 34.5 Å². The first-order valence-electron chi connectivity index (χ1n) is 6.86. The van der Waals surface area contributed by atoms with Crippen molar-refractivity contribution in [2.24, 2.45) is 0 Å². The summed E-state index contributed by atoms with van der Waals surface area (Å²) in [4.78, 5) is 16.2. The van der Waals surface area contributed by atoms with Gasteiger partial charge in [-0.15, -0.1) is 11.3 Å². The van der Waals surface area contributed by atoms with Gasteiger partial charge in [0.05, 0.1) is 16.4 Å². The third-order valence-corrected chi connectivity index (χ3v) is 4.42. The Morgan fingerprint density at radius 3 is 2.56 bits per heavy atom. The van der Waals surface area contributed by atoms with Crippen LogP contribution in [0, 0.1) is 11.6 Å². The Hall–Kier alpha value is -2.22. The number of carbonyl (C=O) groups excluding carboxylic acids is 1. The maximum atomic E-state index is 13.3. The van der Waals surface area contributed by atoms with Crippen molar-refractivity contribution in [3.05, 3.63) is 63.5 Å². The van der Waals surface area contributed by atoms with Crippen LogP contribution in [0.25, 0.3) is 11.3 Å². The summed E-state index contributed by atoms with van der Waals surface area (Å²) in [5.74, 6) is -1.90. The molecule has 3 aromatic rings. The minimum atomic E-state index is -0.963. The average molecular weight is 400 g/mol. The van der Waals surface area contributed by atoms with E-state index in [2.05, 4.69) is 15.6 Å². The second kappa shape index (κ2) is 7.35. The van der Waals surface area contributed by atoms with Crippen LogP contribution < -0.4 is 10.6 Å². The number of nitrogens with zero attached hydrogens (tertiary/aromatic N) is 1. The molecule has 0 aliphatic rings. The van der Waals surface area contributed by atoms with Crippen LogP contribution in [0.3, 0.4) is 0 Å². The first-order valence-corrected chi connectivity index (χ1v) is 8.50. The molecule has 0 aliphatic heterocycles. The number of hydrogen-bond acceptors (Lipinski definition) is 3. The van der Waals surface area contributed by atoms with Crippen molar-refractivity contribution >= 4 is 51.4 Å². The molecule has 25 heavy (non-hydrogen) atoms. The molecule has 0 aliphatic carbocycles. The van der Waals surface area contributed by atoms with Gasteiger partial charge in [0.25, 0.3) is 0 Å². The number of carbonyl (C=O) groups is 1. The molecule has 2 aromatic carbocycles. The third kappa shape index (κ3) is 4.25. The van der Waals surface area contributed by atoms with Gasteiger partial charge in [0.15, 0.2) is 16.8 Å². The molecule has 1 heterocycles. The van der Waals surface area contributed by atoms with Gasteiger partial charge in [0, 0.05) is 16.0 Å². The zero-order chi connectivity index (χ0) is 18.0. The van der Waals surface area contributed by atoms with Gasteiger partial charge in [-0.1, -0.05) is 23.2 Å². The second-order valence-electron chi connectivity index (χ2n) is 4.87. The molecule has 3 rings (SSSR count). The average Bonchev–Trinajstić information content (AvgIpc) is 3.01. The summed E-state index contributed by atoms with van der Waals surface area (Å²) >= 11 is 12.9. The van der Waals surface area contributed by atoms with E-state index in [9.17, 15) is 13.6 Å². The van der Waals surface area contributed by atoms with Gasteiger partial charge in [-0.2, -0.15) is 0 Å². The van der Waals surface area contributed by atoms with E-state index < -0.39 is 17.7 Å². The first kappa shape index (κ1) is 17.6. The fourth-order valence-electron chi connectivity index (χ4n) is 1.96. The highest BCUT2D eigenvalue weighted by atomic mass is 35.5. The molecule has 2 amide bonds. The SMILES string of the molecule is O=C(Nc1nc(-c2ccc(F)c(F)c2)cs1)Nc1ccc(Cl)cc1Cl. The Morgan fingerprint density at radius 2 is 1.84 bits per heavy atom. The topological polar surface area (TPSA) is 54.0 Å². The molecule has 0 spiro atoms. The van der Waals surface area contributed by atoms with Crippen LogP contribution in [0.15, 0.2) is 41.8 Å². The summed E-state index contributed by atoms with van der Waals surface area (Å²) in [6.45, 7) is 0. The van der Waals surface area contributed by atoms with Crippen LogP contribution in [0.4, 0.5) is 24.4 Å². The fraction of sp³-hybridized carbons (Fsp3) is 0. The number of thiazole rings is 1. The normalized spacial score (nSPS) is 10.6. The lowest BCUT2D eigenvalue weighted by Crippen LogP contribution is -2.19. The molecule has 0 unspecified atom stereocenters. The molecule has 4 nitrogen and oxygen atoms in total. The lowest BCUT2D eigenvalue weighted by molar-refractivity contribution is 0.262. The minimum Gasteiger partial charge on any atom is -0.306 e. The second-order valence-corrected chi connectivity index (χ2v) is 6.57. The summed E-state index contributed by atoms with van der Waals surface area (Å²) in [5, 5.41) is 7.78. The number of rotatable bonds is 3. The quantitative estimate of drug-likeness (QED) is 0.563.